The second-order valence-corrected chi connectivity index (χ2v) is 7.54. The monoisotopic (exact) mass is 394 g/mol. The van der Waals surface area contributed by atoms with Crippen LogP contribution in [0.3, 0.4) is 0 Å². The summed E-state index contributed by atoms with van der Waals surface area (Å²) >= 11 is 0. The summed E-state index contributed by atoms with van der Waals surface area (Å²) in [5, 5.41) is 0.913. The van der Waals surface area contributed by atoms with E-state index in [1.807, 2.05) is 31.2 Å². The molecule has 3 aromatic rings. The van der Waals surface area contributed by atoms with Crippen LogP contribution in [-0.4, -0.2) is 35.0 Å². The molecular weight excluding hydrogens is 371 g/mol. The lowest BCUT2D eigenvalue weighted by Gasteiger charge is -2.25. The van der Waals surface area contributed by atoms with Crippen LogP contribution in [0.4, 0.5) is 4.39 Å². The smallest absolute Gasteiger partial charge is 0.254 e. The van der Waals surface area contributed by atoms with E-state index in [0.29, 0.717) is 24.3 Å². The van der Waals surface area contributed by atoms with Crippen molar-refractivity contribution in [2.75, 3.05) is 13.2 Å². The minimum Gasteiger partial charge on any atom is -0.376 e. The molecule has 1 atom stereocenters. The molecule has 0 aliphatic carbocycles. The molecule has 4 rings (SSSR count). The van der Waals surface area contributed by atoms with E-state index in [-0.39, 0.29) is 24.1 Å². The minimum atomic E-state index is -0.395. The normalized spacial score (nSPS) is 16.3. The van der Waals surface area contributed by atoms with Crippen molar-refractivity contribution in [2.24, 2.45) is 0 Å². The number of benzene rings is 2. The number of ether oxygens (including phenoxy) is 1. The first kappa shape index (κ1) is 19.3. The minimum absolute atomic E-state index is 0.0541. The van der Waals surface area contributed by atoms with Gasteiger partial charge in [-0.3, -0.25) is 9.59 Å². The number of aromatic nitrogens is 1. The highest BCUT2D eigenvalue weighted by atomic mass is 19.1. The molecule has 0 radical (unpaired) electrons. The zero-order valence-corrected chi connectivity index (χ0v) is 16.3. The number of fused-ring (bicyclic) bond motifs is 1. The third-order valence-corrected chi connectivity index (χ3v) is 5.27. The largest absolute Gasteiger partial charge is 0.376 e. The Morgan fingerprint density at radius 1 is 1.21 bits per heavy atom. The Balaban J connectivity index is 1.65. The fraction of sp³-hybridized carbons (Fsp3) is 0.304. The Bertz CT molecular complexity index is 1090. The molecule has 1 saturated heterocycles. The summed E-state index contributed by atoms with van der Waals surface area (Å²) in [5.74, 6) is -0.641. The lowest BCUT2D eigenvalue weighted by molar-refractivity contribution is 0.0506. The second kappa shape index (κ2) is 8.17. The average molecular weight is 394 g/mol. The van der Waals surface area contributed by atoms with Gasteiger partial charge >= 0.3 is 0 Å². The van der Waals surface area contributed by atoms with Crippen LogP contribution >= 0.6 is 0 Å². The zero-order chi connectivity index (χ0) is 20.4. The number of amides is 1. The SMILES string of the molecule is Cc1ccc2cc(CN(C[C@H]3CCCO3)C(=O)c3ccc(F)cc3)c(=O)[nH]c2c1. The summed E-state index contributed by atoms with van der Waals surface area (Å²) < 4.78 is 19.0. The maximum atomic E-state index is 13.3. The van der Waals surface area contributed by atoms with Crippen molar-refractivity contribution in [3.63, 3.8) is 0 Å². The van der Waals surface area contributed by atoms with Gasteiger partial charge in [-0.2, -0.15) is 0 Å². The van der Waals surface area contributed by atoms with Crippen LogP contribution in [0.5, 0.6) is 0 Å². The molecule has 1 N–H and O–H groups in total. The van der Waals surface area contributed by atoms with Crippen LogP contribution < -0.4 is 5.56 Å². The van der Waals surface area contributed by atoms with Crippen molar-refractivity contribution in [3.05, 3.63) is 81.4 Å². The van der Waals surface area contributed by atoms with Gasteiger partial charge in [-0.25, -0.2) is 4.39 Å². The van der Waals surface area contributed by atoms with Crippen molar-refractivity contribution in [1.82, 2.24) is 9.88 Å². The van der Waals surface area contributed by atoms with Gasteiger partial charge in [0.05, 0.1) is 12.6 Å². The van der Waals surface area contributed by atoms with Gasteiger partial charge in [0, 0.05) is 29.8 Å². The van der Waals surface area contributed by atoms with Gasteiger partial charge < -0.3 is 14.6 Å². The Labute approximate surface area is 168 Å². The first-order chi connectivity index (χ1) is 14.0. The third-order valence-electron chi connectivity index (χ3n) is 5.27. The number of carbonyl (C=O) groups excluding carboxylic acids is 1. The van der Waals surface area contributed by atoms with Crippen LogP contribution in [0.2, 0.25) is 0 Å². The molecule has 0 unspecified atom stereocenters. The highest BCUT2D eigenvalue weighted by Crippen LogP contribution is 2.19. The Morgan fingerprint density at radius 3 is 2.72 bits per heavy atom. The molecule has 0 spiro atoms. The molecule has 1 aliphatic heterocycles. The number of nitrogens with one attached hydrogen (secondary N) is 1. The molecule has 6 heteroatoms. The molecule has 0 bridgehead atoms. The van der Waals surface area contributed by atoms with E-state index in [1.165, 1.54) is 24.3 Å². The lowest BCUT2D eigenvalue weighted by atomic mass is 10.1. The molecule has 1 amide bonds. The van der Waals surface area contributed by atoms with Crippen LogP contribution in [0.15, 0.2) is 53.3 Å². The van der Waals surface area contributed by atoms with Gasteiger partial charge in [-0.05, 0) is 67.1 Å². The summed E-state index contributed by atoms with van der Waals surface area (Å²) in [7, 11) is 0. The van der Waals surface area contributed by atoms with Gasteiger partial charge in [0.1, 0.15) is 5.82 Å². The number of pyridine rings is 1. The molecule has 2 aromatic carbocycles. The Morgan fingerprint density at radius 2 is 2.00 bits per heavy atom. The fourth-order valence-electron chi connectivity index (χ4n) is 3.71. The predicted molar refractivity (Wildman–Crippen MR) is 109 cm³/mol. The third kappa shape index (κ3) is 4.38. The summed E-state index contributed by atoms with van der Waals surface area (Å²) in [6, 6.07) is 13.2. The van der Waals surface area contributed by atoms with Crippen LogP contribution in [0, 0.1) is 12.7 Å². The van der Waals surface area contributed by atoms with E-state index in [2.05, 4.69) is 4.98 Å². The molecule has 0 saturated carbocycles. The van der Waals surface area contributed by atoms with Crippen molar-refractivity contribution >= 4 is 16.8 Å². The molecule has 29 heavy (non-hydrogen) atoms. The van der Waals surface area contributed by atoms with Crippen molar-refractivity contribution < 1.29 is 13.9 Å². The van der Waals surface area contributed by atoms with Crippen molar-refractivity contribution in [1.29, 1.82) is 0 Å². The molecule has 5 nitrogen and oxygen atoms in total. The molecule has 2 heterocycles. The molecule has 1 fully saturated rings. The maximum absolute atomic E-state index is 13.3. The van der Waals surface area contributed by atoms with Crippen LogP contribution in [-0.2, 0) is 11.3 Å². The van der Waals surface area contributed by atoms with E-state index in [9.17, 15) is 14.0 Å². The number of rotatable bonds is 5. The highest BCUT2D eigenvalue weighted by Gasteiger charge is 2.24. The van der Waals surface area contributed by atoms with E-state index in [4.69, 9.17) is 4.74 Å². The standard InChI is InChI=1S/C23H23FN2O3/c1-15-4-5-17-12-18(22(27)25-21(17)11-15)13-26(14-20-3-2-10-29-20)23(28)16-6-8-19(24)9-7-16/h4-9,11-12,20H,2-3,10,13-14H2,1H3,(H,25,27)/t20-/m1/s1. The van der Waals surface area contributed by atoms with Gasteiger partial charge in [0.2, 0.25) is 0 Å². The summed E-state index contributed by atoms with van der Waals surface area (Å²) in [6.07, 6.45) is 1.78. The summed E-state index contributed by atoms with van der Waals surface area (Å²) in [4.78, 5) is 30.3. The number of nitrogens with zero attached hydrogens (tertiary/aromatic N) is 1. The first-order valence-electron chi connectivity index (χ1n) is 9.78. The van der Waals surface area contributed by atoms with E-state index < -0.39 is 5.82 Å². The van der Waals surface area contributed by atoms with E-state index >= 15 is 0 Å². The Kier molecular flexibility index (Phi) is 5.45. The number of halogens is 1. The zero-order valence-electron chi connectivity index (χ0n) is 16.3. The molecule has 150 valence electrons. The topological polar surface area (TPSA) is 62.4 Å². The maximum Gasteiger partial charge on any atom is 0.254 e. The van der Waals surface area contributed by atoms with Gasteiger partial charge in [0.25, 0.3) is 11.5 Å². The number of H-pyrrole nitrogens is 1. The predicted octanol–water partition coefficient (Wildman–Crippen LogP) is 3.80. The average Bonchev–Trinajstić information content (AvgIpc) is 3.21. The second-order valence-electron chi connectivity index (χ2n) is 7.54. The molecule has 1 aliphatic rings. The number of aromatic amines is 1. The molecular formula is C23H23FN2O3. The van der Waals surface area contributed by atoms with E-state index in [0.717, 1.165) is 29.3 Å². The molecule has 1 aromatic heterocycles. The highest BCUT2D eigenvalue weighted by molar-refractivity contribution is 5.94. The van der Waals surface area contributed by atoms with Crippen LogP contribution in [0.1, 0.15) is 34.3 Å². The number of hydrogen-bond acceptors (Lipinski definition) is 3. The van der Waals surface area contributed by atoms with Gasteiger partial charge in [-0.1, -0.05) is 12.1 Å². The Hall–Kier alpha value is -2.99. The lowest BCUT2D eigenvalue weighted by Crippen LogP contribution is -2.38. The summed E-state index contributed by atoms with van der Waals surface area (Å²) in [5.41, 5.74) is 2.51. The van der Waals surface area contributed by atoms with Gasteiger partial charge in [0.15, 0.2) is 0 Å². The summed E-state index contributed by atoms with van der Waals surface area (Å²) in [6.45, 7) is 3.20. The van der Waals surface area contributed by atoms with Crippen molar-refractivity contribution in [3.8, 4) is 0 Å². The van der Waals surface area contributed by atoms with Gasteiger partial charge in [-0.15, -0.1) is 0 Å². The van der Waals surface area contributed by atoms with E-state index in [1.54, 1.807) is 4.90 Å². The number of hydrogen-bond donors (Lipinski definition) is 1. The first-order valence-corrected chi connectivity index (χ1v) is 9.78. The van der Waals surface area contributed by atoms with Crippen molar-refractivity contribution in [2.45, 2.75) is 32.4 Å². The quantitative estimate of drug-likeness (QED) is 0.716. The number of aryl methyl sites for hydroxylation is 1. The number of carbonyl (C=O) groups is 1. The van der Waals surface area contributed by atoms with Crippen LogP contribution in [0.25, 0.3) is 10.9 Å². The fourth-order valence-corrected chi connectivity index (χ4v) is 3.71.